The number of nitrogens with zero attached hydrogens (tertiary/aromatic N) is 4. The fourth-order valence-electron chi connectivity index (χ4n) is 3.12. The fourth-order valence-corrected chi connectivity index (χ4v) is 4.02. The molecule has 3 heterocycles. The lowest BCUT2D eigenvalue weighted by Crippen LogP contribution is -2.39. The van der Waals surface area contributed by atoms with Gasteiger partial charge >= 0.3 is 0 Å². The standard InChI is InChI=1S/C18H26N4OS/c1-12-10-19-16(24-12)13-7-6-8-22(11-13)17(23)14-9-15(18(2,3)4)20-21(14)5/h9-10,13H,6-8,11H2,1-5H3/t13-/m1/s1. The van der Waals surface area contributed by atoms with E-state index >= 15 is 0 Å². The number of amides is 1. The van der Waals surface area contributed by atoms with E-state index in [-0.39, 0.29) is 11.3 Å². The van der Waals surface area contributed by atoms with Crippen molar-refractivity contribution in [3.8, 4) is 0 Å². The summed E-state index contributed by atoms with van der Waals surface area (Å²) in [5.74, 6) is 0.440. The van der Waals surface area contributed by atoms with Gasteiger partial charge in [-0.15, -0.1) is 11.3 Å². The van der Waals surface area contributed by atoms with Gasteiger partial charge in [-0.25, -0.2) is 4.98 Å². The number of likely N-dealkylation sites (tertiary alicyclic amines) is 1. The maximum Gasteiger partial charge on any atom is 0.272 e. The molecule has 3 rings (SSSR count). The lowest BCUT2D eigenvalue weighted by Gasteiger charge is -2.31. The van der Waals surface area contributed by atoms with Crippen LogP contribution < -0.4 is 0 Å². The second-order valence-corrected chi connectivity index (χ2v) is 8.95. The molecule has 0 radical (unpaired) electrons. The summed E-state index contributed by atoms with van der Waals surface area (Å²) in [5, 5.41) is 5.69. The first-order valence-electron chi connectivity index (χ1n) is 8.52. The van der Waals surface area contributed by atoms with Crippen LogP contribution in [-0.4, -0.2) is 38.7 Å². The van der Waals surface area contributed by atoms with E-state index in [2.05, 4.69) is 37.8 Å². The summed E-state index contributed by atoms with van der Waals surface area (Å²) >= 11 is 1.75. The molecule has 0 saturated carbocycles. The molecule has 1 amide bonds. The summed E-state index contributed by atoms with van der Waals surface area (Å²) in [4.78, 5) is 20.7. The monoisotopic (exact) mass is 346 g/mol. The number of hydrogen-bond donors (Lipinski definition) is 0. The predicted octanol–water partition coefficient (Wildman–Crippen LogP) is 3.50. The van der Waals surface area contributed by atoms with Gasteiger partial charge in [0.25, 0.3) is 5.91 Å². The molecule has 0 unspecified atom stereocenters. The largest absolute Gasteiger partial charge is 0.337 e. The third-order valence-electron chi connectivity index (χ3n) is 4.56. The van der Waals surface area contributed by atoms with Crippen molar-refractivity contribution < 1.29 is 4.79 Å². The molecule has 130 valence electrons. The zero-order chi connectivity index (χ0) is 17.5. The van der Waals surface area contributed by atoms with E-state index in [4.69, 9.17) is 0 Å². The van der Waals surface area contributed by atoms with Crippen molar-refractivity contribution in [2.75, 3.05) is 13.1 Å². The highest BCUT2D eigenvalue weighted by molar-refractivity contribution is 7.11. The first-order valence-corrected chi connectivity index (χ1v) is 9.33. The third kappa shape index (κ3) is 3.38. The molecular formula is C18H26N4OS. The molecule has 0 spiro atoms. The average molecular weight is 347 g/mol. The average Bonchev–Trinajstić information content (AvgIpc) is 3.12. The van der Waals surface area contributed by atoms with Gasteiger partial charge in [0.2, 0.25) is 0 Å². The maximum absolute atomic E-state index is 13.0. The number of carbonyl (C=O) groups excluding carboxylic acids is 1. The van der Waals surface area contributed by atoms with Gasteiger partial charge in [0, 0.05) is 42.5 Å². The first-order chi connectivity index (χ1) is 11.3. The van der Waals surface area contributed by atoms with Gasteiger partial charge in [-0.2, -0.15) is 5.10 Å². The van der Waals surface area contributed by atoms with Crippen LogP contribution in [0.3, 0.4) is 0 Å². The van der Waals surface area contributed by atoms with Gasteiger partial charge in [0.1, 0.15) is 5.69 Å². The van der Waals surface area contributed by atoms with Crippen molar-refractivity contribution in [3.63, 3.8) is 0 Å². The molecule has 2 aromatic rings. The first kappa shape index (κ1) is 17.1. The van der Waals surface area contributed by atoms with Crippen LogP contribution in [0.25, 0.3) is 0 Å². The molecule has 1 fully saturated rings. The Morgan fingerprint density at radius 1 is 1.38 bits per heavy atom. The molecule has 1 atom stereocenters. The topological polar surface area (TPSA) is 51.0 Å². The zero-order valence-electron chi connectivity index (χ0n) is 15.2. The molecule has 1 aliphatic rings. The van der Waals surface area contributed by atoms with Gasteiger partial charge in [-0.05, 0) is 25.8 Å². The Labute approximate surface area is 147 Å². The quantitative estimate of drug-likeness (QED) is 0.836. The summed E-state index contributed by atoms with van der Waals surface area (Å²) in [6.45, 7) is 10.00. The van der Waals surface area contributed by atoms with E-state index in [1.165, 1.54) is 4.88 Å². The van der Waals surface area contributed by atoms with Crippen LogP contribution in [0, 0.1) is 6.92 Å². The molecule has 0 bridgehead atoms. The number of aryl methyl sites for hydroxylation is 2. The molecular weight excluding hydrogens is 320 g/mol. The zero-order valence-corrected chi connectivity index (χ0v) is 16.0. The Kier molecular flexibility index (Phi) is 4.51. The van der Waals surface area contributed by atoms with E-state index in [0.717, 1.165) is 36.6 Å². The maximum atomic E-state index is 13.0. The summed E-state index contributed by atoms with van der Waals surface area (Å²) in [6.07, 6.45) is 4.06. The molecule has 0 aliphatic carbocycles. The van der Waals surface area contributed by atoms with Crippen LogP contribution in [0.2, 0.25) is 0 Å². The van der Waals surface area contributed by atoms with Gasteiger partial charge in [0.05, 0.1) is 10.7 Å². The third-order valence-corrected chi connectivity index (χ3v) is 5.64. The second-order valence-electron chi connectivity index (χ2n) is 7.69. The molecule has 5 nitrogen and oxygen atoms in total. The Morgan fingerprint density at radius 2 is 2.12 bits per heavy atom. The van der Waals surface area contributed by atoms with Crippen LogP contribution in [0.5, 0.6) is 0 Å². The Morgan fingerprint density at radius 3 is 2.71 bits per heavy atom. The highest BCUT2D eigenvalue weighted by Gasteiger charge is 2.30. The van der Waals surface area contributed by atoms with Crippen LogP contribution in [-0.2, 0) is 12.5 Å². The van der Waals surface area contributed by atoms with E-state index < -0.39 is 0 Å². The van der Waals surface area contributed by atoms with Gasteiger partial charge < -0.3 is 4.90 Å². The SMILES string of the molecule is Cc1cnc([C@@H]2CCCN(C(=O)c3cc(C(C)(C)C)nn3C)C2)s1. The second kappa shape index (κ2) is 6.31. The lowest BCUT2D eigenvalue weighted by atomic mass is 9.92. The highest BCUT2D eigenvalue weighted by Crippen LogP contribution is 2.30. The number of aromatic nitrogens is 3. The number of rotatable bonds is 2. The van der Waals surface area contributed by atoms with E-state index in [1.807, 2.05) is 24.2 Å². The van der Waals surface area contributed by atoms with Crippen LogP contribution in [0.4, 0.5) is 0 Å². The Bertz CT molecular complexity index is 741. The number of piperidine rings is 1. The van der Waals surface area contributed by atoms with Gasteiger partial charge in [0.15, 0.2) is 0 Å². The van der Waals surface area contributed by atoms with Crippen molar-refractivity contribution in [1.82, 2.24) is 19.7 Å². The van der Waals surface area contributed by atoms with E-state index in [1.54, 1.807) is 16.0 Å². The van der Waals surface area contributed by atoms with Crippen LogP contribution in [0.15, 0.2) is 12.3 Å². The molecule has 0 aromatic carbocycles. The number of thiazole rings is 1. The van der Waals surface area contributed by atoms with Crippen molar-refractivity contribution in [2.24, 2.45) is 7.05 Å². The normalized spacial score (nSPS) is 18.9. The van der Waals surface area contributed by atoms with Crippen LogP contribution in [0.1, 0.15) is 65.6 Å². The lowest BCUT2D eigenvalue weighted by molar-refractivity contribution is 0.0696. The minimum Gasteiger partial charge on any atom is -0.337 e. The van der Waals surface area contributed by atoms with Crippen LogP contribution >= 0.6 is 11.3 Å². The molecule has 6 heteroatoms. The fraction of sp³-hybridized carbons (Fsp3) is 0.611. The summed E-state index contributed by atoms with van der Waals surface area (Å²) < 4.78 is 1.72. The van der Waals surface area contributed by atoms with Crippen molar-refractivity contribution in [1.29, 1.82) is 0 Å². The predicted molar refractivity (Wildman–Crippen MR) is 96.6 cm³/mol. The molecule has 1 aliphatic heterocycles. The minimum absolute atomic E-state index is 0.0564. The van der Waals surface area contributed by atoms with Gasteiger partial charge in [-0.3, -0.25) is 9.48 Å². The molecule has 0 N–H and O–H groups in total. The molecule has 1 saturated heterocycles. The van der Waals surface area contributed by atoms with E-state index in [9.17, 15) is 4.79 Å². The highest BCUT2D eigenvalue weighted by atomic mass is 32.1. The van der Waals surface area contributed by atoms with Crippen molar-refractivity contribution in [3.05, 3.63) is 33.5 Å². The number of hydrogen-bond acceptors (Lipinski definition) is 4. The number of carbonyl (C=O) groups is 1. The smallest absolute Gasteiger partial charge is 0.272 e. The minimum atomic E-state index is -0.0564. The molecule has 24 heavy (non-hydrogen) atoms. The van der Waals surface area contributed by atoms with Crippen molar-refractivity contribution in [2.45, 2.75) is 51.9 Å². The summed E-state index contributed by atoms with van der Waals surface area (Å²) in [6, 6.07) is 1.94. The Hall–Kier alpha value is -1.69. The summed E-state index contributed by atoms with van der Waals surface area (Å²) in [5.41, 5.74) is 1.58. The van der Waals surface area contributed by atoms with Gasteiger partial charge in [-0.1, -0.05) is 20.8 Å². The summed E-state index contributed by atoms with van der Waals surface area (Å²) in [7, 11) is 1.86. The molecule has 2 aromatic heterocycles. The van der Waals surface area contributed by atoms with E-state index in [0.29, 0.717) is 11.6 Å². The Balaban J connectivity index is 1.78. The van der Waals surface area contributed by atoms with Crippen molar-refractivity contribution >= 4 is 17.2 Å².